The van der Waals surface area contributed by atoms with E-state index in [1.165, 1.54) is 14.0 Å². The molecule has 0 spiro atoms. The van der Waals surface area contributed by atoms with Gasteiger partial charge in [-0.1, -0.05) is 0 Å². The fourth-order valence-electron chi connectivity index (χ4n) is 3.91. The first-order valence-electron chi connectivity index (χ1n) is 12.4. The maximum absolute atomic E-state index is 12.3. The first-order valence-corrected chi connectivity index (χ1v) is 12.4. The Morgan fingerprint density at radius 1 is 0.795 bits per heavy atom. The number of alkyl carbamates (subject to hydrolysis) is 1. The Kier molecular flexibility index (Phi) is 13.1. The minimum Gasteiger partial charge on any atom is -0.467 e. The maximum atomic E-state index is 12.3. The molecule has 0 radical (unpaired) electrons. The molecule has 1 fully saturated rings. The smallest absolute Gasteiger partial charge is 0.408 e. The van der Waals surface area contributed by atoms with Crippen LogP contribution in [-0.4, -0.2) is 91.8 Å². The lowest BCUT2D eigenvalue weighted by Crippen LogP contribution is -2.62. The highest BCUT2D eigenvalue weighted by Gasteiger charge is 2.51. The van der Waals surface area contributed by atoms with Crippen LogP contribution < -0.4 is 5.32 Å². The van der Waals surface area contributed by atoms with E-state index in [1.54, 1.807) is 20.8 Å². The van der Waals surface area contributed by atoms with Crippen LogP contribution in [0.25, 0.3) is 0 Å². The second-order valence-electron chi connectivity index (χ2n) is 9.89. The summed E-state index contributed by atoms with van der Waals surface area (Å²) in [6, 6.07) is -1.06. The van der Waals surface area contributed by atoms with Crippen molar-refractivity contribution >= 4 is 35.9 Å². The van der Waals surface area contributed by atoms with Crippen molar-refractivity contribution in [3.63, 3.8) is 0 Å². The molecule has 6 atom stereocenters. The highest BCUT2D eigenvalue weighted by atomic mass is 16.7. The summed E-state index contributed by atoms with van der Waals surface area (Å²) in [4.78, 5) is 71.6. The van der Waals surface area contributed by atoms with Gasteiger partial charge in [-0.2, -0.15) is 0 Å². The summed E-state index contributed by atoms with van der Waals surface area (Å²) in [6.45, 7) is 9.25. The molecule has 0 aromatic carbocycles. The van der Waals surface area contributed by atoms with Gasteiger partial charge in [0.05, 0.1) is 13.2 Å². The average molecular weight is 562 g/mol. The number of nitrogens with one attached hydrogen (secondary N) is 1. The standard InChI is InChI=1S/C25H39NO13/c1-13(27)34-12-19-21(36-15(3)29)22(37-16(4)30)20(35-14(2)28)18(38-19)11-9-10-17(23(31)33-8)26-24(32)39-25(5,6)7/h17-22H,9-12H2,1-8H3,(H,26,32)/t17-,18+,19+,20-,21-,22+/m0/s1. The zero-order valence-corrected chi connectivity index (χ0v) is 23.6. The van der Waals surface area contributed by atoms with Crippen molar-refractivity contribution in [3.05, 3.63) is 0 Å². The predicted octanol–water partition coefficient (Wildman–Crippen LogP) is 1.35. The fourth-order valence-corrected chi connectivity index (χ4v) is 3.91. The van der Waals surface area contributed by atoms with E-state index in [4.69, 9.17) is 33.2 Å². The van der Waals surface area contributed by atoms with Gasteiger partial charge < -0.3 is 38.5 Å². The Balaban J connectivity index is 3.19. The van der Waals surface area contributed by atoms with Crippen LogP contribution in [0.3, 0.4) is 0 Å². The summed E-state index contributed by atoms with van der Waals surface area (Å²) in [6.07, 6.45) is -6.15. The summed E-state index contributed by atoms with van der Waals surface area (Å²) < 4.78 is 37.2. The van der Waals surface area contributed by atoms with Gasteiger partial charge in [-0.25, -0.2) is 9.59 Å². The molecule has 1 N–H and O–H groups in total. The molecule has 14 nitrogen and oxygen atoms in total. The first kappa shape index (κ1) is 33.6. The fraction of sp³-hybridized carbons (Fsp3) is 0.760. The molecule has 39 heavy (non-hydrogen) atoms. The molecule has 1 amide bonds. The largest absolute Gasteiger partial charge is 0.467 e. The molecule has 0 bridgehead atoms. The van der Waals surface area contributed by atoms with E-state index in [-0.39, 0.29) is 25.9 Å². The highest BCUT2D eigenvalue weighted by molar-refractivity contribution is 5.81. The summed E-state index contributed by atoms with van der Waals surface area (Å²) in [5, 5.41) is 2.46. The van der Waals surface area contributed by atoms with Crippen LogP contribution in [0.2, 0.25) is 0 Å². The Bertz CT molecular complexity index is 897. The van der Waals surface area contributed by atoms with E-state index in [2.05, 4.69) is 5.32 Å². The number of rotatable bonds is 11. The van der Waals surface area contributed by atoms with Gasteiger partial charge in [0.25, 0.3) is 0 Å². The zero-order chi connectivity index (χ0) is 29.9. The zero-order valence-electron chi connectivity index (χ0n) is 23.6. The molecular weight excluding hydrogens is 522 g/mol. The van der Waals surface area contributed by atoms with Crippen molar-refractivity contribution < 1.29 is 61.9 Å². The van der Waals surface area contributed by atoms with Gasteiger partial charge in [0.1, 0.15) is 24.4 Å². The molecule has 1 saturated heterocycles. The van der Waals surface area contributed by atoms with Crippen molar-refractivity contribution in [3.8, 4) is 0 Å². The van der Waals surface area contributed by atoms with Gasteiger partial charge in [0.15, 0.2) is 18.3 Å². The number of carbonyl (C=O) groups is 6. The number of ether oxygens (including phenoxy) is 7. The van der Waals surface area contributed by atoms with E-state index < -0.39 is 78.1 Å². The van der Waals surface area contributed by atoms with Crippen LogP contribution >= 0.6 is 0 Å². The van der Waals surface area contributed by atoms with Gasteiger partial charge in [-0.3, -0.25) is 19.2 Å². The molecule has 1 heterocycles. The lowest BCUT2D eigenvalue weighted by Gasteiger charge is -2.44. The Morgan fingerprint density at radius 2 is 1.31 bits per heavy atom. The predicted molar refractivity (Wildman–Crippen MR) is 131 cm³/mol. The minimum atomic E-state index is -1.29. The van der Waals surface area contributed by atoms with E-state index in [1.807, 2.05) is 0 Å². The Labute approximate surface area is 227 Å². The van der Waals surface area contributed by atoms with E-state index in [9.17, 15) is 28.8 Å². The van der Waals surface area contributed by atoms with Crippen molar-refractivity contribution in [1.82, 2.24) is 5.32 Å². The van der Waals surface area contributed by atoms with Crippen molar-refractivity contribution in [2.45, 2.75) is 110 Å². The van der Waals surface area contributed by atoms with Crippen LogP contribution in [0.15, 0.2) is 0 Å². The average Bonchev–Trinajstić information content (AvgIpc) is 2.78. The molecule has 0 saturated carbocycles. The van der Waals surface area contributed by atoms with Gasteiger partial charge >= 0.3 is 35.9 Å². The second kappa shape index (κ2) is 15.2. The number of methoxy groups -OCH3 is 1. The molecule has 0 aliphatic carbocycles. The number of hydrogen-bond donors (Lipinski definition) is 1. The van der Waals surface area contributed by atoms with Gasteiger partial charge in [-0.15, -0.1) is 0 Å². The molecule has 14 heteroatoms. The van der Waals surface area contributed by atoms with Crippen LogP contribution in [0, 0.1) is 0 Å². The van der Waals surface area contributed by atoms with E-state index >= 15 is 0 Å². The van der Waals surface area contributed by atoms with Gasteiger partial charge in [0, 0.05) is 27.7 Å². The van der Waals surface area contributed by atoms with Gasteiger partial charge in [0.2, 0.25) is 0 Å². The topological polar surface area (TPSA) is 179 Å². The molecular formula is C25H39NO13. The lowest BCUT2D eigenvalue weighted by atomic mass is 9.91. The molecule has 1 rings (SSSR count). The van der Waals surface area contributed by atoms with Crippen LogP contribution in [0.4, 0.5) is 4.79 Å². The number of hydrogen-bond acceptors (Lipinski definition) is 13. The quantitative estimate of drug-likeness (QED) is 0.282. The second-order valence-corrected chi connectivity index (χ2v) is 9.89. The lowest BCUT2D eigenvalue weighted by molar-refractivity contribution is -0.253. The number of esters is 5. The third-order valence-electron chi connectivity index (χ3n) is 5.25. The third-order valence-corrected chi connectivity index (χ3v) is 5.25. The van der Waals surface area contributed by atoms with Crippen molar-refractivity contribution in [1.29, 1.82) is 0 Å². The maximum Gasteiger partial charge on any atom is 0.408 e. The first-order chi connectivity index (χ1) is 18.0. The number of carbonyl (C=O) groups excluding carboxylic acids is 6. The molecule has 222 valence electrons. The third kappa shape index (κ3) is 12.3. The van der Waals surface area contributed by atoms with Crippen LogP contribution in [-0.2, 0) is 57.1 Å². The SMILES string of the molecule is COC(=O)[C@H](CCC[C@H]1O[C@H](COC(C)=O)[C@H](OC(C)=O)[C@H](OC(C)=O)[C@H]1OC(C)=O)NC(=O)OC(C)(C)C. The Morgan fingerprint density at radius 3 is 1.77 bits per heavy atom. The van der Waals surface area contributed by atoms with E-state index in [0.29, 0.717) is 0 Å². The summed E-state index contributed by atoms with van der Waals surface area (Å²) >= 11 is 0. The number of amides is 1. The minimum absolute atomic E-state index is 0.0821. The van der Waals surface area contributed by atoms with Crippen LogP contribution in [0.5, 0.6) is 0 Å². The normalized spacial score (nSPS) is 23.4. The molecule has 0 aromatic heterocycles. The summed E-state index contributed by atoms with van der Waals surface area (Å²) in [5.41, 5.74) is -0.793. The summed E-state index contributed by atoms with van der Waals surface area (Å²) in [7, 11) is 1.17. The summed E-state index contributed by atoms with van der Waals surface area (Å²) in [5.74, 6) is -3.53. The van der Waals surface area contributed by atoms with Crippen LogP contribution in [0.1, 0.15) is 67.7 Å². The van der Waals surface area contributed by atoms with Crippen molar-refractivity contribution in [2.75, 3.05) is 13.7 Å². The molecule has 1 aliphatic rings. The van der Waals surface area contributed by atoms with Gasteiger partial charge in [-0.05, 0) is 40.0 Å². The molecule has 1 aliphatic heterocycles. The molecule has 0 aromatic rings. The molecule has 0 unspecified atom stereocenters. The monoisotopic (exact) mass is 561 g/mol. The van der Waals surface area contributed by atoms with E-state index in [0.717, 1.165) is 20.8 Å². The Hall–Kier alpha value is -3.42. The van der Waals surface area contributed by atoms with Crippen molar-refractivity contribution in [2.24, 2.45) is 0 Å². The highest BCUT2D eigenvalue weighted by Crippen LogP contribution is 2.31.